The highest BCUT2D eigenvalue weighted by Crippen LogP contribution is 2.25. The lowest BCUT2D eigenvalue weighted by Gasteiger charge is -2.29. The highest BCUT2D eigenvalue weighted by atomic mass is 32.1. The molecule has 0 saturated heterocycles. The third-order valence-corrected chi connectivity index (χ3v) is 5.44. The van der Waals surface area contributed by atoms with Gasteiger partial charge in [0.25, 0.3) is 5.91 Å². The van der Waals surface area contributed by atoms with Crippen molar-refractivity contribution in [2.24, 2.45) is 0 Å². The number of fused-ring (bicyclic) bond motifs is 2. The van der Waals surface area contributed by atoms with E-state index in [9.17, 15) is 9.59 Å². The number of nitrogens with one attached hydrogen (secondary N) is 1. The number of carbonyl (C=O) groups is 2. The number of ether oxygens (including phenoxy) is 1. The van der Waals surface area contributed by atoms with Gasteiger partial charge in [-0.2, -0.15) is 5.10 Å². The summed E-state index contributed by atoms with van der Waals surface area (Å²) in [4.78, 5) is 28.1. The van der Waals surface area contributed by atoms with Crippen LogP contribution in [0.2, 0.25) is 0 Å². The molecule has 1 aromatic carbocycles. The molecule has 0 bridgehead atoms. The van der Waals surface area contributed by atoms with Crippen LogP contribution in [0, 0.1) is 0 Å². The standard InChI is InChI=1S/C18H17N3O3S/c1-11(17(22)21-8-6-15-12(10-21)7-9-25-15)24-18(23)16-13-4-2-3-5-14(13)19-20-16/h2-5,7,9,11H,6,8,10H2,1H3,(H,19,20)/t11-/m1/s1. The molecule has 0 unspecified atom stereocenters. The molecule has 7 heteroatoms. The van der Waals surface area contributed by atoms with Gasteiger partial charge in [-0.25, -0.2) is 4.79 Å². The number of hydrogen-bond donors (Lipinski definition) is 1. The van der Waals surface area contributed by atoms with Gasteiger partial charge in [-0.15, -0.1) is 11.3 Å². The number of rotatable bonds is 3. The molecule has 3 heterocycles. The molecule has 1 aliphatic rings. The number of aromatic nitrogens is 2. The third-order valence-electron chi connectivity index (χ3n) is 4.41. The van der Waals surface area contributed by atoms with Crippen molar-refractivity contribution in [1.29, 1.82) is 0 Å². The summed E-state index contributed by atoms with van der Waals surface area (Å²) in [6.07, 6.45) is 0.00630. The molecule has 0 radical (unpaired) electrons. The van der Waals surface area contributed by atoms with E-state index in [0.717, 1.165) is 11.9 Å². The second-order valence-corrected chi connectivity index (χ2v) is 7.04. The molecule has 25 heavy (non-hydrogen) atoms. The number of nitrogens with zero attached hydrogens (tertiary/aromatic N) is 2. The monoisotopic (exact) mass is 355 g/mol. The van der Waals surface area contributed by atoms with E-state index in [-0.39, 0.29) is 11.6 Å². The Balaban J connectivity index is 1.45. The van der Waals surface area contributed by atoms with Crippen molar-refractivity contribution in [3.63, 3.8) is 0 Å². The van der Waals surface area contributed by atoms with E-state index in [4.69, 9.17) is 4.74 Å². The minimum atomic E-state index is -0.844. The summed E-state index contributed by atoms with van der Waals surface area (Å²) in [7, 11) is 0. The molecule has 1 aliphatic heterocycles. The molecule has 0 fully saturated rings. The van der Waals surface area contributed by atoms with Crippen molar-refractivity contribution in [2.45, 2.75) is 26.0 Å². The minimum Gasteiger partial charge on any atom is -0.448 e. The SMILES string of the molecule is C[C@@H](OC(=O)c1n[nH]c2ccccc12)C(=O)N1CCc2sccc2C1. The molecule has 3 aromatic rings. The Kier molecular flexibility index (Phi) is 4.01. The molecule has 4 rings (SSSR count). The van der Waals surface area contributed by atoms with Crippen LogP contribution in [0.3, 0.4) is 0 Å². The van der Waals surface area contributed by atoms with Crippen molar-refractivity contribution < 1.29 is 14.3 Å². The molecule has 1 amide bonds. The normalized spacial score (nSPS) is 15.0. The lowest BCUT2D eigenvalue weighted by Crippen LogP contribution is -2.42. The van der Waals surface area contributed by atoms with Crippen LogP contribution < -0.4 is 0 Å². The fraction of sp³-hybridized carbons (Fsp3) is 0.278. The van der Waals surface area contributed by atoms with Gasteiger partial charge in [-0.05, 0) is 36.4 Å². The summed E-state index contributed by atoms with van der Waals surface area (Å²) < 4.78 is 5.38. The molecular weight excluding hydrogens is 338 g/mol. The van der Waals surface area contributed by atoms with Crippen molar-refractivity contribution in [2.75, 3.05) is 6.54 Å². The number of benzene rings is 1. The summed E-state index contributed by atoms with van der Waals surface area (Å²) in [6.45, 7) is 2.84. The first-order valence-corrected chi connectivity index (χ1v) is 8.99. The second kappa shape index (κ2) is 6.33. The van der Waals surface area contributed by atoms with Crippen LogP contribution in [0.25, 0.3) is 10.9 Å². The maximum absolute atomic E-state index is 12.6. The van der Waals surface area contributed by atoms with Gasteiger partial charge in [0.15, 0.2) is 11.8 Å². The predicted molar refractivity (Wildman–Crippen MR) is 94.4 cm³/mol. The summed E-state index contributed by atoms with van der Waals surface area (Å²) >= 11 is 1.72. The van der Waals surface area contributed by atoms with Gasteiger partial charge >= 0.3 is 5.97 Å². The maximum Gasteiger partial charge on any atom is 0.360 e. The Hall–Kier alpha value is -2.67. The van der Waals surface area contributed by atoms with E-state index in [1.807, 2.05) is 29.6 Å². The van der Waals surface area contributed by atoms with Crippen molar-refractivity contribution >= 4 is 34.1 Å². The molecule has 1 N–H and O–H groups in total. The molecule has 128 valence electrons. The zero-order chi connectivity index (χ0) is 17.4. The van der Waals surface area contributed by atoms with Crippen LogP contribution in [0.5, 0.6) is 0 Å². The van der Waals surface area contributed by atoms with Gasteiger partial charge in [0.05, 0.1) is 5.52 Å². The molecule has 0 aliphatic carbocycles. The Morgan fingerprint density at radius 1 is 1.32 bits per heavy atom. The van der Waals surface area contributed by atoms with E-state index in [1.54, 1.807) is 29.2 Å². The lowest BCUT2D eigenvalue weighted by atomic mass is 10.1. The van der Waals surface area contributed by atoms with E-state index in [1.165, 1.54) is 10.4 Å². The van der Waals surface area contributed by atoms with Crippen molar-refractivity contribution in [1.82, 2.24) is 15.1 Å². The first-order valence-electron chi connectivity index (χ1n) is 8.11. The topological polar surface area (TPSA) is 75.3 Å². The van der Waals surface area contributed by atoms with E-state index >= 15 is 0 Å². The number of hydrogen-bond acceptors (Lipinski definition) is 5. The maximum atomic E-state index is 12.6. The number of H-pyrrole nitrogens is 1. The van der Waals surface area contributed by atoms with Gasteiger partial charge in [-0.3, -0.25) is 9.89 Å². The number of thiophene rings is 1. The molecule has 0 saturated carbocycles. The van der Waals surface area contributed by atoms with E-state index in [2.05, 4.69) is 10.2 Å². The van der Waals surface area contributed by atoms with Crippen LogP contribution >= 0.6 is 11.3 Å². The quantitative estimate of drug-likeness (QED) is 0.733. The Morgan fingerprint density at radius 3 is 3.04 bits per heavy atom. The van der Waals surface area contributed by atoms with Gasteiger partial charge in [-0.1, -0.05) is 18.2 Å². The molecule has 0 spiro atoms. The Morgan fingerprint density at radius 2 is 2.16 bits per heavy atom. The lowest BCUT2D eigenvalue weighted by molar-refractivity contribution is -0.140. The van der Waals surface area contributed by atoms with Crippen LogP contribution in [0.4, 0.5) is 0 Å². The zero-order valence-corrected chi connectivity index (χ0v) is 14.5. The van der Waals surface area contributed by atoms with Crippen LogP contribution in [0.1, 0.15) is 27.9 Å². The molecule has 2 aromatic heterocycles. The molecule has 1 atom stereocenters. The Labute approximate surface area is 148 Å². The van der Waals surface area contributed by atoms with E-state index in [0.29, 0.717) is 18.5 Å². The number of carbonyl (C=O) groups excluding carboxylic acids is 2. The fourth-order valence-corrected chi connectivity index (χ4v) is 3.97. The zero-order valence-electron chi connectivity index (χ0n) is 13.7. The number of esters is 1. The first kappa shape index (κ1) is 15.8. The van der Waals surface area contributed by atoms with Gasteiger partial charge in [0, 0.05) is 23.4 Å². The number of amides is 1. The summed E-state index contributed by atoms with van der Waals surface area (Å²) in [5, 5.41) is 9.55. The van der Waals surface area contributed by atoms with Crippen molar-refractivity contribution in [3.05, 3.63) is 51.8 Å². The largest absolute Gasteiger partial charge is 0.448 e. The van der Waals surface area contributed by atoms with Crippen LogP contribution in [-0.4, -0.2) is 39.6 Å². The average molecular weight is 355 g/mol. The second-order valence-electron chi connectivity index (χ2n) is 6.04. The highest BCUT2D eigenvalue weighted by Gasteiger charge is 2.28. The molecular formula is C18H17N3O3S. The van der Waals surface area contributed by atoms with Crippen LogP contribution in [0.15, 0.2) is 35.7 Å². The summed E-state index contributed by atoms with van der Waals surface area (Å²) in [5.41, 5.74) is 2.14. The summed E-state index contributed by atoms with van der Waals surface area (Å²) in [6, 6.07) is 9.36. The molecule has 6 nitrogen and oxygen atoms in total. The number of para-hydroxylation sites is 1. The average Bonchev–Trinajstić information content (AvgIpc) is 3.26. The summed E-state index contributed by atoms with van der Waals surface area (Å²) in [5.74, 6) is -0.767. The van der Waals surface area contributed by atoms with Crippen molar-refractivity contribution in [3.8, 4) is 0 Å². The van der Waals surface area contributed by atoms with Gasteiger partial charge in [0.1, 0.15) is 0 Å². The Bertz CT molecular complexity index is 946. The third kappa shape index (κ3) is 2.91. The van der Waals surface area contributed by atoms with E-state index < -0.39 is 12.1 Å². The fourth-order valence-electron chi connectivity index (χ4n) is 3.08. The van der Waals surface area contributed by atoms with Gasteiger partial charge in [0.2, 0.25) is 0 Å². The smallest absolute Gasteiger partial charge is 0.360 e. The van der Waals surface area contributed by atoms with Crippen LogP contribution in [-0.2, 0) is 22.5 Å². The predicted octanol–water partition coefficient (Wildman–Crippen LogP) is 2.75. The number of aromatic amines is 1. The minimum absolute atomic E-state index is 0.176. The van der Waals surface area contributed by atoms with Gasteiger partial charge < -0.3 is 9.64 Å². The first-order chi connectivity index (χ1) is 12.1. The highest BCUT2D eigenvalue weighted by molar-refractivity contribution is 7.10.